The van der Waals surface area contributed by atoms with Crippen LogP contribution in [-0.4, -0.2) is 0 Å². The highest BCUT2D eigenvalue weighted by atomic mass is 15.1. The SMILES string of the molecule is c1ccc(N(c2ccc(-c3ccc4c(ccc5ccccc54)c3)cc2)c2ccc3c(c2)C2(CC4CCC2C4)c2ccccc2-3)cc1. The van der Waals surface area contributed by atoms with Gasteiger partial charge in [-0.3, -0.25) is 0 Å². The Labute approximate surface area is 270 Å². The predicted octanol–water partition coefficient (Wildman–Crippen LogP) is 12.2. The number of anilines is 3. The summed E-state index contributed by atoms with van der Waals surface area (Å²) in [5, 5.41) is 5.18. The van der Waals surface area contributed by atoms with Crippen LogP contribution < -0.4 is 4.90 Å². The fourth-order valence-corrected chi connectivity index (χ4v) is 9.54. The Hall–Kier alpha value is -5.14. The summed E-state index contributed by atoms with van der Waals surface area (Å²) in [5.41, 5.74) is 12.3. The molecule has 0 aromatic heterocycles. The second-order valence-corrected chi connectivity index (χ2v) is 13.8. The topological polar surface area (TPSA) is 3.24 Å². The predicted molar refractivity (Wildman–Crippen MR) is 193 cm³/mol. The van der Waals surface area contributed by atoms with Crippen molar-refractivity contribution in [3.8, 4) is 22.3 Å². The summed E-state index contributed by atoms with van der Waals surface area (Å²) in [6, 6.07) is 56.6. The third-order valence-corrected chi connectivity index (χ3v) is 11.5. The summed E-state index contributed by atoms with van der Waals surface area (Å²) in [5.74, 6) is 1.61. The van der Waals surface area contributed by atoms with Crippen molar-refractivity contribution >= 4 is 38.6 Å². The van der Waals surface area contributed by atoms with E-state index in [4.69, 9.17) is 0 Å². The molecule has 7 aromatic rings. The van der Waals surface area contributed by atoms with E-state index in [0.717, 1.165) is 11.8 Å². The standard InChI is InChI=1S/C45H35N/c1-2-9-36(10-3-1)46(37-21-17-31(18-22-37)33-19-24-40-34(27-33)16-15-32-8-4-5-11-39(32)40)38-23-25-42-41-12-6-7-13-43(41)45(44(42)28-38)29-30-14-20-35(45)26-30/h1-13,15-19,21-25,27-28,30,35H,14,20,26,29H2. The molecule has 46 heavy (non-hydrogen) atoms. The summed E-state index contributed by atoms with van der Waals surface area (Å²) in [7, 11) is 0. The van der Waals surface area contributed by atoms with Crippen LogP contribution >= 0.6 is 0 Å². The van der Waals surface area contributed by atoms with Gasteiger partial charge in [0.2, 0.25) is 0 Å². The summed E-state index contributed by atoms with van der Waals surface area (Å²) in [4.78, 5) is 2.44. The van der Waals surface area contributed by atoms with Crippen molar-refractivity contribution in [3.05, 3.63) is 163 Å². The van der Waals surface area contributed by atoms with Gasteiger partial charge in [-0.05, 0) is 128 Å². The molecule has 10 rings (SSSR count). The molecular weight excluding hydrogens is 555 g/mol. The number of nitrogens with zero attached hydrogens (tertiary/aromatic N) is 1. The van der Waals surface area contributed by atoms with Crippen LogP contribution in [0.4, 0.5) is 17.1 Å². The first-order valence-corrected chi connectivity index (χ1v) is 16.9. The van der Waals surface area contributed by atoms with E-state index >= 15 is 0 Å². The molecule has 7 aromatic carbocycles. The molecule has 2 bridgehead atoms. The smallest absolute Gasteiger partial charge is 0.0465 e. The molecule has 0 aliphatic heterocycles. The van der Waals surface area contributed by atoms with Gasteiger partial charge in [-0.1, -0.05) is 116 Å². The normalized spacial score (nSPS) is 20.8. The van der Waals surface area contributed by atoms with Crippen molar-refractivity contribution < 1.29 is 0 Å². The first kappa shape index (κ1) is 26.1. The van der Waals surface area contributed by atoms with Crippen LogP contribution in [0, 0.1) is 11.8 Å². The molecule has 3 unspecified atom stereocenters. The molecule has 0 heterocycles. The van der Waals surface area contributed by atoms with E-state index in [1.165, 1.54) is 86.5 Å². The molecule has 3 aliphatic carbocycles. The minimum Gasteiger partial charge on any atom is -0.310 e. The Morgan fingerprint density at radius 3 is 2.02 bits per heavy atom. The lowest BCUT2D eigenvalue weighted by molar-refractivity contribution is 0.327. The first-order valence-electron chi connectivity index (χ1n) is 16.9. The minimum atomic E-state index is 0.165. The van der Waals surface area contributed by atoms with Gasteiger partial charge in [0.25, 0.3) is 0 Å². The number of rotatable bonds is 4. The molecule has 220 valence electrons. The summed E-state index contributed by atoms with van der Waals surface area (Å²) >= 11 is 0. The third-order valence-electron chi connectivity index (χ3n) is 11.5. The van der Waals surface area contributed by atoms with E-state index in [0.29, 0.717) is 0 Å². The van der Waals surface area contributed by atoms with E-state index in [-0.39, 0.29) is 5.41 Å². The Bertz CT molecular complexity index is 2280. The Balaban J connectivity index is 1.07. The molecule has 1 nitrogen and oxygen atoms in total. The van der Waals surface area contributed by atoms with Gasteiger partial charge in [0.05, 0.1) is 0 Å². The monoisotopic (exact) mass is 589 g/mol. The molecule has 0 radical (unpaired) electrons. The Morgan fingerprint density at radius 1 is 0.478 bits per heavy atom. The van der Waals surface area contributed by atoms with Gasteiger partial charge in [-0.15, -0.1) is 0 Å². The zero-order chi connectivity index (χ0) is 30.2. The summed E-state index contributed by atoms with van der Waals surface area (Å²) in [6.45, 7) is 0. The van der Waals surface area contributed by atoms with Crippen molar-refractivity contribution in [2.75, 3.05) is 4.90 Å². The molecule has 3 aliphatic rings. The lowest BCUT2D eigenvalue weighted by atomic mass is 9.67. The Morgan fingerprint density at radius 2 is 1.17 bits per heavy atom. The lowest BCUT2D eigenvalue weighted by Crippen LogP contribution is -2.31. The number of hydrogen-bond acceptors (Lipinski definition) is 1. The molecule has 0 N–H and O–H groups in total. The Kier molecular flexibility index (Phi) is 5.64. The fraction of sp³-hybridized carbons (Fsp3) is 0.156. The number of para-hydroxylation sites is 1. The van der Waals surface area contributed by atoms with E-state index in [1.54, 1.807) is 11.1 Å². The third kappa shape index (κ3) is 3.75. The van der Waals surface area contributed by atoms with Crippen LogP contribution in [0.15, 0.2) is 152 Å². The summed E-state index contributed by atoms with van der Waals surface area (Å²) in [6.07, 6.45) is 5.44. The average Bonchev–Trinajstić information content (AvgIpc) is 3.82. The van der Waals surface area contributed by atoms with Crippen LogP contribution in [0.3, 0.4) is 0 Å². The molecule has 2 saturated carbocycles. The highest BCUT2D eigenvalue weighted by Gasteiger charge is 2.56. The van der Waals surface area contributed by atoms with Crippen molar-refractivity contribution in [1.82, 2.24) is 0 Å². The number of fused-ring (bicyclic) bond motifs is 11. The minimum absolute atomic E-state index is 0.165. The van der Waals surface area contributed by atoms with Crippen LogP contribution in [0.5, 0.6) is 0 Å². The molecular formula is C45H35N. The fourth-order valence-electron chi connectivity index (χ4n) is 9.54. The van der Waals surface area contributed by atoms with Crippen LogP contribution in [0.1, 0.15) is 36.8 Å². The van der Waals surface area contributed by atoms with E-state index in [9.17, 15) is 0 Å². The largest absolute Gasteiger partial charge is 0.310 e. The van der Waals surface area contributed by atoms with Gasteiger partial charge < -0.3 is 4.90 Å². The van der Waals surface area contributed by atoms with Gasteiger partial charge in [-0.2, -0.15) is 0 Å². The second kappa shape index (κ2) is 9.93. The maximum Gasteiger partial charge on any atom is 0.0465 e. The summed E-state index contributed by atoms with van der Waals surface area (Å²) < 4.78 is 0. The van der Waals surface area contributed by atoms with Gasteiger partial charge in [-0.25, -0.2) is 0 Å². The number of hydrogen-bond donors (Lipinski definition) is 0. The maximum atomic E-state index is 2.55. The van der Waals surface area contributed by atoms with Gasteiger partial charge >= 0.3 is 0 Å². The van der Waals surface area contributed by atoms with Gasteiger partial charge in [0.1, 0.15) is 0 Å². The highest BCUT2D eigenvalue weighted by Crippen LogP contribution is 2.66. The van der Waals surface area contributed by atoms with Crippen LogP contribution in [0.2, 0.25) is 0 Å². The highest BCUT2D eigenvalue weighted by molar-refractivity contribution is 6.08. The molecule has 0 saturated heterocycles. The van der Waals surface area contributed by atoms with Crippen molar-refractivity contribution in [2.24, 2.45) is 11.8 Å². The molecule has 0 amide bonds. The maximum absolute atomic E-state index is 2.55. The van der Waals surface area contributed by atoms with Crippen molar-refractivity contribution in [3.63, 3.8) is 0 Å². The molecule has 3 atom stereocenters. The molecule has 1 spiro atoms. The van der Waals surface area contributed by atoms with Crippen molar-refractivity contribution in [2.45, 2.75) is 31.1 Å². The van der Waals surface area contributed by atoms with Crippen molar-refractivity contribution in [1.29, 1.82) is 0 Å². The zero-order valence-electron chi connectivity index (χ0n) is 25.9. The van der Waals surface area contributed by atoms with E-state index in [1.807, 2.05) is 0 Å². The zero-order valence-corrected chi connectivity index (χ0v) is 25.9. The van der Waals surface area contributed by atoms with Crippen LogP contribution in [-0.2, 0) is 5.41 Å². The molecule has 1 heteroatoms. The van der Waals surface area contributed by atoms with Crippen LogP contribution in [0.25, 0.3) is 43.8 Å². The molecule has 2 fully saturated rings. The van der Waals surface area contributed by atoms with Gasteiger partial charge in [0.15, 0.2) is 0 Å². The average molecular weight is 590 g/mol. The first-order chi connectivity index (χ1) is 22.8. The van der Waals surface area contributed by atoms with Gasteiger partial charge in [0, 0.05) is 22.5 Å². The van der Waals surface area contributed by atoms with E-state index in [2.05, 4.69) is 157 Å². The number of benzene rings is 7. The second-order valence-electron chi connectivity index (χ2n) is 13.8. The van der Waals surface area contributed by atoms with E-state index < -0.39 is 0 Å². The quantitative estimate of drug-likeness (QED) is 0.185. The lowest BCUT2D eigenvalue weighted by Gasteiger charge is -2.37.